The molecule has 1 fully saturated rings. The average molecular weight is 539 g/mol. The van der Waals surface area contributed by atoms with Gasteiger partial charge < -0.3 is 20.3 Å². The summed E-state index contributed by atoms with van der Waals surface area (Å²) in [5, 5.41) is 6.28. The molecule has 1 aliphatic heterocycles. The molecule has 0 saturated carbocycles. The fourth-order valence-corrected chi connectivity index (χ4v) is 3.04. The molecule has 1 aromatic carbocycles. The van der Waals surface area contributed by atoms with Gasteiger partial charge in [-0.3, -0.25) is 9.79 Å². The van der Waals surface area contributed by atoms with Crippen molar-refractivity contribution in [2.24, 2.45) is 10.9 Å². The molecule has 0 spiro atoms. The lowest BCUT2D eigenvalue weighted by Gasteiger charge is -2.24. The summed E-state index contributed by atoms with van der Waals surface area (Å²) < 4.78 is 6.39. The zero-order chi connectivity index (χ0) is 18.1. The second kappa shape index (κ2) is 12.5. The first-order chi connectivity index (χ1) is 12.1. The molecular formula is C18H28BrIN4O2. The number of nitrogens with zero attached hydrogens (tertiary/aromatic N) is 2. The summed E-state index contributed by atoms with van der Waals surface area (Å²) in [5.41, 5.74) is 0.672. The molecule has 26 heavy (non-hydrogen) atoms. The maximum Gasteiger partial charge on any atom is 0.251 e. The number of guanidine groups is 1. The van der Waals surface area contributed by atoms with E-state index in [1.165, 1.54) is 0 Å². The van der Waals surface area contributed by atoms with E-state index in [0.717, 1.165) is 49.6 Å². The van der Waals surface area contributed by atoms with Gasteiger partial charge in [0, 0.05) is 56.3 Å². The minimum atomic E-state index is -0.0461. The third kappa shape index (κ3) is 7.79. The van der Waals surface area contributed by atoms with Crippen LogP contribution in [0.2, 0.25) is 0 Å². The summed E-state index contributed by atoms with van der Waals surface area (Å²) >= 11 is 3.36. The Morgan fingerprint density at radius 1 is 1.31 bits per heavy atom. The molecule has 0 aliphatic carbocycles. The molecule has 0 radical (unpaired) electrons. The van der Waals surface area contributed by atoms with Crippen LogP contribution in [0.4, 0.5) is 0 Å². The predicted octanol–water partition coefficient (Wildman–Crippen LogP) is 2.73. The number of hydrogen-bond donors (Lipinski definition) is 2. The van der Waals surface area contributed by atoms with Gasteiger partial charge in [-0.05, 0) is 37.1 Å². The van der Waals surface area contributed by atoms with Crippen LogP contribution in [-0.4, -0.2) is 63.7 Å². The summed E-state index contributed by atoms with van der Waals surface area (Å²) in [7, 11) is 3.84. The lowest BCUT2D eigenvalue weighted by molar-refractivity contribution is 0.0953. The van der Waals surface area contributed by atoms with E-state index in [1.54, 1.807) is 19.2 Å². The van der Waals surface area contributed by atoms with Gasteiger partial charge in [0.15, 0.2) is 5.96 Å². The Morgan fingerprint density at radius 3 is 2.62 bits per heavy atom. The first kappa shape index (κ1) is 23.2. The topological polar surface area (TPSA) is 66.0 Å². The molecule has 1 amide bonds. The molecule has 2 N–H and O–H groups in total. The summed E-state index contributed by atoms with van der Waals surface area (Å²) in [4.78, 5) is 18.5. The summed E-state index contributed by atoms with van der Waals surface area (Å²) in [6.45, 7) is 4.03. The molecule has 1 aromatic rings. The van der Waals surface area contributed by atoms with Crippen LogP contribution in [0.5, 0.6) is 0 Å². The van der Waals surface area contributed by atoms with Crippen molar-refractivity contribution < 1.29 is 9.53 Å². The number of aliphatic imine (C=N–C) groups is 1. The van der Waals surface area contributed by atoms with Crippen molar-refractivity contribution in [1.82, 2.24) is 15.5 Å². The van der Waals surface area contributed by atoms with E-state index >= 15 is 0 Å². The van der Waals surface area contributed by atoms with Gasteiger partial charge in [0.05, 0.1) is 6.61 Å². The number of nitrogens with one attached hydrogen (secondary N) is 2. The van der Waals surface area contributed by atoms with Gasteiger partial charge in [-0.2, -0.15) is 0 Å². The Hall–Kier alpha value is -0.870. The largest absolute Gasteiger partial charge is 0.381 e. The Morgan fingerprint density at radius 2 is 2.00 bits per heavy atom. The number of carbonyl (C=O) groups is 1. The number of rotatable bonds is 7. The van der Waals surface area contributed by atoms with E-state index in [4.69, 9.17) is 4.74 Å². The molecule has 8 heteroatoms. The molecule has 1 aliphatic rings. The fraction of sp³-hybridized carbons (Fsp3) is 0.556. The van der Waals surface area contributed by atoms with E-state index < -0.39 is 0 Å². The standard InChI is InChI=1S/C18H27BrN4O2.HI/c1-20-18(23(2)12-14-8-11-25-13-14)22-10-3-9-21-17(24)15-4-6-16(19)7-5-15;/h4-7,14H,3,8-13H2,1-2H3,(H,20,22)(H,21,24);1H. The molecule has 0 aromatic heterocycles. The van der Waals surface area contributed by atoms with Crippen molar-refractivity contribution in [2.45, 2.75) is 12.8 Å². The van der Waals surface area contributed by atoms with E-state index in [-0.39, 0.29) is 29.9 Å². The molecule has 1 atom stereocenters. The highest BCUT2D eigenvalue weighted by Gasteiger charge is 2.18. The number of carbonyl (C=O) groups excluding carboxylic acids is 1. The lowest BCUT2D eigenvalue weighted by atomic mass is 10.1. The fourth-order valence-electron chi connectivity index (χ4n) is 2.78. The van der Waals surface area contributed by atoms with Crippen LogP contribution in [0.15, 0.2) is 33.7 Å². The maximum absolute atomic E-state index is 12.0. The molecule has 146 valence electrons. The first-order valence-electron chi connectivity index (χ1n) is 8.63. The van der Waals surface area contributed by atoms with Gasteiger partial charge in [-0.25, -0.2) is 0 Å². The minimum absolute atomic E-state index is 0. The van der Waals surface area contributed by atoms with Crippen molar-refractivity contribution in [3.05, 3.63) is 34.3 Å². The van der Waals surface area contributed by atoms with Crippen LogP contribution in [0.1, 0.15) is 23.2 Å². The van der Waals surface area contributed by atoms with Crippen LogP contribution in [0, 0.1) is 5.92 Å². The second-order valence-electron chi connectivity index (χ2n) is 6.20. The highest BCUT2D eigenvalue weighted by atomic mass is 127. The summed E-state index contributed by atoms with van der Waals surface area (Å²) in [6, 6.07) is 7.35. The Kier molecular flexibility index (Phi) is 11.1. The predicted molar refractivity (Wildman–Crippen MR) is 119 cm³/mol. The minimum Gasteiger partial charge on any atom is -0.381 e. The third-order valence-electron chi connectivity index (χ3n) is 4.16. The zero-order valence-corrected chi connectivity index (χ0v) is 19.2. The average Bonchev–Trinajstić information content (AvgIpc) is 3.11. The van der Waals surface area contributed by atoms with Crippen molar-refractivity contribution in [3.8, 4) is 0 Å². The van der Waals surface area contributed by atoms with Crippen molar-refractivity contribution in [2.75, 3.05) is 46.9 Å². The van der Waals surface area contributed by atoms with E-state index in [1.807, 2.05) is 19.2 Å². The quantitative estimate of drug-likeness (QED) is 0.242. The normalized spacial score (nSPS) is 16.7. The van der Waals surface area contributed by atoms with Crippen molar-refractivity contribution in [3.63, 3.8) is 0 Å². The molecule has 0 bridgehead atoms. The van der Waals surface area contributed by atoms with Crippen molar-refractivity contribution >= 4 is 51.8 Å². The molecule has 1 heterocycles. The number of halogens is 2. The number of ether oxygens (including phenoxy) is 1. The Labute approximate surface area is 181 Å². The lowest BCUT2D eigenvalue weighted by Crippen LogP contribution is -2.42. The van der Waals surface area contributed by atoms with E-state index in [0.29, 0.717) is 18.0 Å². The molecule has 1 unspecified atom stereocenters. The second-order valence-corrected chi connectivity index (χ2v) is 7.12. The third-order valence-corrected chi connectivity index (χ3v) is 4.69. The number of amides is 1. The van der Waals surface area contributed by atoms with Crippen LogP contribution < -0.4 is 10.6 Å². The van der Waals surface area contributed by atoms with Gasteiger partial charge in [0.1, 0.15) is 0 Å². The van der Waals surface area contributed by atoms with Crippen LogP contribution in [0.3, 0.4) is 0 Å². The van der Waals surface area contributed by atoms with Gasteiger partial charge >= 0.3 is 0 Å². The maximum atomic E-state index is 12.0. The first-order valence-corrected chi connectivity index (χ1v) is 9.42. The van der Waals surface area contributed by atoms with Gasteiger partial charge in [-0.1, -0.05) is 15.9 Å². The number of benzene rings is 1. The summed E-state index contributed by atoms with van der Waals surface area (Å²) in [5.74, 6) is 1.41. The van der Waals surface area contributed by atoms with Gasteiger partial charge in [0.2, 0.25) is 0 Å². The molecule has 1 saturated heterocycles. The SMILES string of the molecule is CN=C(NCCCNC(=O)c1ccc(Br)cc1)N(C)CC1CCOC1.I. The van der Waals surface area contributed by atoms with Crippen molar-refractivity contribution in [1.29, 1.82) is 0 Å². The molecule has 2 rings (SSSR count). The van der Waals surface area contributed by atoms with E-state index in [2.05, 4.69) is 36.5 Å². The monoisotopic (exact) mass is 538 g/mol. The van der Waals surface area contributed by atoms with Crippen LogP contribution >= 0.6 is 39.9 Å². The van der Waals surface area contributed by atoms with Gasteiger partial charge in [0.25, 0.3) is 5.91 Å². The Balaban J connectivity index is 0.00000338. The zero-order valence-electron chi connectivity index (χ0n) is 15.3. The van der Waals surface area contributed by atoms with Gasteiger partial charge in [-0.15, -0.1) is 24.0 Å². The molecule has 6 nitrogen and oxygen atoms in total. The highest BCUT2D eigenvalue weighted by molar-refractivity contribution is 14.0. The van der Waals surface area contributed by atoms with Crippen LogP contribution in [-0.2, 0) is 4.74 Å². The molecular weight excluding hydrogens is 511 g/mol. The number of hydrogen-bond acceptors (Lipinski definition) is 3. The summed E-state index contributed by atoms with van der Waals surface area (Å²) in [6.07, 6.45) is 1.95. The van der Waals surface area contributed by atoms with E-state index in [9.17, 15) is 4.79 Å². The highest BCUT2D eigenvalue weighted by Crippen LogP contribution is 2.13. The Bertz CT molecular complexity index is 577. The smallest absolute Gasteiger partial charge is 0.251 e. The van der Waals surface area contributed by atoms with Crippen LogP contribution in [0.25, 0.3) is 0 Å².